The number of aryl methyl sites for hydroxylation is 1. The second-order valence-corrected chi connectivity index (χ2v) is 6.49. The molecule has 0 aliphatic rings. The SMILES string of the molecule is Cc1cc(Br)c(NC(=O)c2cc(N)cc(Br)c2)cc1Cl. The van der Waals surface area contributed by atoms with Crippen LogP contribution in [-0.2, 0) is 0 Å². The topological polar surface area (TPSA) is 55.1 Å². The molecule has 0 saturated carbocycles. The van der Waals surface area contributed by atoms with Crippen molar-refractivity contribution in [2.24, 2.45) is 0 Å². The molecule has 3 nitrogen and oxygen atoms in total. The second-order valence-electron chi connectivity index (χ2n) is 4.31. The summed E-state index contributed by atoms with van der Waals surface area (Å²) in [7, 11) is 0. The first-order chi connectivity index (χ1) is 9.36. The van der Waals surface area contributed by atoms with Crippen LogP contribution in [-0.4, -0.2) is 5.91 Å². The molecule has 0 bridgehead atoms. The summed E-state index contributed by atoms with van der Waals surface area (Å²) >= 11 is 12.8. The number of amides is 1. The first-order valence-electron chi connectivity index (χ1n) is 5.70. The number of nitrogen functional groups attached to an aromatic ring is 1. The highest BCUT2D eigenvalue weighted by atomic mass is 79.9. The number of nitrogens with one attached hydrogen (secondary N) is 1. The Morgan fingerprint density at radius 1 is 1.20 bits per heavy atom. The highest BCUT2D eigenvalue weighted by molar-refractivity contribution is 9.10. The van der Waals surface area contributed by atoms with Crippen LogP contribution in [0.4, 0.5) is 11.4 Å². The third kappa shape index (κ3) is 3.53. The zero-order valence-corrected chi connectivity index (χ0v) is 14.4. The molecule has 6 heteroatoms. The molecule has 3 N–H and O–H groups in total. The Bertz CT molecular complexity index is 669. The molecule has 0 heterocycles. The number of hydrogen-bond acceptors (Lipinski definition) is 2. The molecule has 2 aromatic rings. The molecule has 0 fully saturated rings. The van der Waals surface area contributed by atoms with Crippen molar-refractivity contribution in [3.05, 3.63) is 55.4 Å². The molecule has 0 aromatic heterocycles. The zero-order valence-electron chi connectivity index (χ0n) is 10.5. The van der Waals surface area contributed by atoms with Gasteiger partial charge < -0.3 is 11.1 Å². The van der Waals surface area contributed by atoms with Gasteiger partial charge in [0.05, 0.1) is 5.69 Å². The van der Waals surface area contributed by atoms with E-state index in [1.807, 2.05) is 13.0 Å². The summed E-state index contributed by atoms with van der Waals surface area (Å²) in [5.74, 6) is -0.251. The molecular weight excluding hydrogens is 407 g/mol. The van der Waals surface area contributed by atoms with E-state index in [2.05, 4.69) is 37.2 Å². The lowest BCUT2D eigenvalue weighted by molar-refractivity contribution is 0.102. The quantitative estimate of drug-likeness (QED) is 0.674. The second kappa shape index (κ2) is 6.16. The fraction of sp³-hybridized carbons (Fsp3) is 0.0714. The van der Waals surface area contributed by atoms with Crippen LogP contribution < -0.4 is 11.1 Å². The number of carbonyl (C=O) groups is 1. The van der Waals surface area contributed by atoms with Crippen LogP contribution in [0.5, 0.6) is 0 Å². The molecule has 0 saturated heterocycles. The highest BCUT2D eigenvalue weighted by Gasteiger charge is 2.11. The van der Waals surface area contributed by atoms with E-state index < -0.39 is 0 Å². The van der Waals surface area contributed by atoms with Gasteiger partial charge in [-0.15, -0.1) is 0 Å². The summed E-state index contributed by atoms with van der Waals surface area (Å²) in [6.07, 6.45) is 0. The monoisotopic (exact) mass is 416 g/mol. The van der Waals surface area contributed by atoms with Gasteiger partial charge in [0.2, 0.25) is 0 Å². The molecule has 0 aliphatic carbocycles. The molecule has 0 atom stereocenters. The number of carbonyl (C=O) groups excluding carboxylic acids is 1. The lowest BCUT2D eigenvalue weighted by atomic mass is 10.1. The Balaban J connectivity index is 2.30. The molecule has 0 radical (unpaired) electrons. The summed E-state index contributed by atoms with van der Waals surface area (Å²) in [5, 5.41) is 3.40. The van der Waals surface area contributed by atoms with Gasteiger partial charge in [0.15, 0.2) is 0 Å². The van der Waals surface area contributed by atoms with Gasteiger partial charge in [-0.25, -0.2) is 0 Å². The summed E-state index contributed by atoms with van der Waals surface area (Å²) < 4.78 is 1.53. The maximum Gasteiger partial charge on any atom is 0.255 e. The van der Waals surface area contributed by atoms with Crippen molar-refractivity contribution in [1.82, 2.24) is 0 Å². The van der Waals surface area contributed by atoms with Crippen LogP contribution in [0.3, 0.4) is 0 Å². The first kappa shape index (κ1) is 15.4. The van der Waals surface area contributed by atoms with Crippen LogP contribution >= 0.6 is 43.5 Å². The Kier molecular flexibility index (Phi) is 4.73. The van der Waals surface area contributed by atoms with Crippen LogP contribution in [0.25, 0.3) is 0 Å². The van der Waals surface area contributed by atoms with Crippen molar-refractivity contribution in [3.8, 4) is 0 Å². The Morgan fingerprint density at radius 2 is 1.90 bits per heavy atom. The minimum Gasteiger partial charge on any atom is -0.399 e. The van der Waals surface area contributed by atoms with E-state index in [4.69, 9.17) is 17.3 Å². The van der Waals surface area contributed by atoms with Crippen molar-refractivity contribution in [1.29, 1.82) is 0 Å². The van der Waals surface area contributed by atoms with Gasteiger partial charge in [-0.05, 0) is 58.7 Å². The molecule has 1 amide bonds. The van der Waals surface area contributed by atoms with Crippen molar-refractivity contribution in [3.63, 3.8) is 0 Å². The van der Waals surface area contributed by atoms with Crippen LogP contribution in [0, 0.1) is 6.92 Å². The molecule has 2 aromatic carbocycles. The smallest absolute Gasteiger partial charge is 0.255 e. The van der Waals surface area contributed by atoms with Gasteiger partial charge in [-0.1, -0.05) is 27.5 Å². The normalized spacial score (nSPS) is 10.4. The largest absolute Gasteiger partial charge is 0.399 e. The number of rotatable bonds is 2. The molecule has 2 rings (SSSR count). The van der Waals surface area contributed by atoms with E-state index in [0.29, 0.717) is 22.0 Å². The number of halogens is 3. The van der Waals surface area contributed by atoms with E-state index in [-0.39, 0.29) is 5.91 Å². The summed E-state index contributed by atoms with van der Waals surface area (Å²) in [6, 6.07) is 8.61. The van der Waals surface area contributed by atoms with Crippen molar-refractivity contribution in [2.45, 2.75) is 6.92 Å². The van der Waals surface area contributed by atoms with E-state index in [1.165, 1.54) is 0 Å². The van der Waals surface area contributed by atoms with E-state index in [9.17, 15) is 4.79 Å². The predicted molar refractivity (Wildman–Crippen MR) is 90.4 cm³/mol. The number of nitrogens with two attached hydrogens (primary N) is 1. The average Bonchev–Trinajstić information content (AvgIpc) is 2.34. The van der Waals surface area contributed by atoms with E-state index >= 15 is 0 Å². The van der Waals surface area contributed by atoms with E-state index in [0.717, 1.165) is 14.5 Å². The fourth-order valence-electron chi connectivity index (χ4n) is 1.68. The van der Waals surface area contributed by atoms with Gasteiger partial charge in [0.25, 0.3) is 5.91 Å². The maximum atomic E-state index is 12.2. The number of anilines is 2. The molecule has 104 valence electrons. The standard InChI is InChI=1S/C14H11Br2ClN2O/c1-7-2-11(16)13(6-12(7)17)19-14(20)8-3-9(15)5-10(18)4-8/h2-6H,18H2,1H3,(H,19,20). The van der Waals surface area contributed by atoms with Gasteiger partial charge in [-0.2, -0.15) is 0 Å². The Morgan fingerprint density at radius 3 is 2.55 bits per heavy atom. The van der Waals surface area contributed by atoms with Crippen molar-refractivity contribution in [2.75, 3.05) is 11.1 Å². The van der Waals surface area contributed by atoms with Gasteiger partial charge in [0.1, 0.15) is 0 Å². The number of benzene rings is 2. The van der Waals surface area contributed by atoms with Crippen molar-refractivity contribution >= 4 is 60.7 Å². The molecule has 0 spiro atoms. The van der Waals surface area contributed by atoms with Crippen molar-refractivity contribution < 1.29 is 4.79 Å². The Hall–Kier alpha value is -1.04. The lowest BCUT2D eigenvalue weighted by Crippen LogP contribution is -2.12. The highest BCUT2D eigenvalue weighted by Crippen LogP contribution is 2.29. The summed E-state index contributed by atoms with van der Waals surface area (Å²) in [6.45, 7) is 1.90. The summed E-state index contributed by atoms with van der Waals surface area (Å²) in [5.41, 5.74) is 8.26. The lowest BCUT2D eigenvalue weighted by Gasteiger charge is -2.10. The molecule has 20 heavy (non-hydrogen) atoms. The minimum atomic E-state index is -0.251. The third-order valence-electron chi connectivity index (χ3n) is 2.68. The molecule has 0 unspecified atom stereocenters. The Labute approximate surface area is 138 Å². The first-order valence-corrected chi connectivity index (χ1v) is 7.66. The summed E-state index contributed by atoms with van der Waals surface area (Å²) in [4.78, 5) is 12.2. The fourth-order valence-corrected chi connectivity index (χ4v) is 2.91. The van der Waals surface area contributed by atoms with Gasteiger partial charge >= 0.3 is 0 Å². The third-order valence-corrected chi connectivity index (χ3v) is 4.20. The predicted octanol–water partition coefficient (Wildman–Crippen LogP) is 5.01. The molecule has 0 aliphatic heterocycles. The van der Waals surface area contributed by atoms with Gasteiger partial charge in [0, 0.05) is 25.2 Å². The average molecular weight is 419 g/mol. The van der Waals surface area contributed by atoms with Crippen LogP contribution in [0.15, 0.2) is 39.3 Å². The zero-order chi connectivity index (χ0) is 14.9. The molecular formula is C14H11Br2ClN2O. The van der Waals surface area contributed by atoms with Gasteiger partial charge in [-0.3, -0.25) is 4.79 Å². The number of hydrogen-bond donors (Lipinski definition) is 2. The van der Waals surface area contributed by atoms with Crippen LogP contribution in [0.2, 0.25) is 5.02 Å². The maximum absolute atomic E-state index is 12.2. The minimum absolute atomic E-state index is 0.251. The van der Waals surface area contributed by atoms with Crippen LogP contribution in [0.1, 0.15) is 15.9 Å². The van der Waals surface area contributed by atoms with E-state index in [1.54, 1.807) is 24.3 Å².